The quantitative estimate of drug-likeness (QED) is 0.912. The zero-order valence-electron chi connectivity index (χ0n) is 12.8. The molecule has 2 unspecified atom stereocenters. The van der Waals surface area contributed by atoms with E-state index < -0.39 is 0 Å². The van der Waals surface area contributed by atoms with Crippen molar-refractivity contribution >= 4 is 16.5 Å². The van der Waals surface area contributed by atoms with Crippen LogP contribution in [-0.4, -0.2) is 24.6 Å². The van der Waals surface area contributed by atoms with Crippen molar-refractivity contribution in [1.82, 2.24) is 10.3 Å². The Labute approximate surface area is 126 Å². The van der Waals surface area contributed by atoms with Crippen LogP contribution in [0.1, 0.15) is 68.5 Å². The van der Waals surface area contributed by atoms with E-state index in [1.807, 2.05) is 11.3 Å². The zero-order chi connectivity index (χ0) is 13.9. The van der Waals surface area contributed by atoms with Gasteiger partial charge in [0.05, 0.1) is 5.69 Å². The molecule has 2 atom stereocenters. The maximum Gasteiger partial charge on any atom is 0.186 e. The van der Waals surface area contributed by atoms with Crippen molar-refractivity contribution in [1.29, 1.82) is 0 Å². The van der Waals surface area contributed by atoms with Gasteiger partial charge in [0.25, 0.3) is 0 Å². The number of aromatic nitrogens is 1. The van der Waals surface area contributed by atoms with Crippen LogP contribution in [0.2, 0.25) is 0 Å². The molecule has 0 aromatic carbocycles. The van der Waals surface area contributed by atoms with Crippen LogP contribution in [0.25, 0.3) is 0 Å². The first-order chi connectivity index (χ1) is 9.83. The van der Waals surface area contributed by atoms with Crippen LogP contribution in [0.3, 0.4) is 0 Å². The number of nitrogens with one attached hydrogen (secondary N) is 1. The minimum atomic E-state index is 0.541. The summed E-state index contributed by atoms with van der Waals surface area (Å²) in [7, 11) is 2.08. The Balaban J connectivity index is 1.84. The molecule has 0 spiro atoms. The number of rotatable bonds is 4. The van der Waals surface area contributed by atoms with Gasteiger partial charge in [-0.1, -0.05) is 24.7 Å². The number of hydrogen-bond donors (Lipinski definition) is 1. The fourth-order valence-corrected chi connectivity index (χ4v) is 5.04. The predicted octanol–water partition coefficient (Wildman–Crippen LogP) is 3.90. The molecule has 20 heavy (non-hydrogen) atoms. The summed E-state index contributed by atoms with van der Waals surface area (Å²) >= 11 is 1.96. The largest absolute Gasteiger partial charge is 0.345 e. The highest BCUT2D eigenvalue weighted by Gasteiger charge is 2.28. The van der Waals surface area contributed by atoms with E-state index in [2.05, 4.69) is 24.2 Å². The van der Waals surface area contributed by atoms with E-state index in [1.54, 1.807) is 0 Å². The third-order valence-electron chi connectivity index (χ3n) is 4.78. The van der Waals surface area contributed by atoms with Crippen molar-refractivity contribution in [2.75, 3.05) is 18.5 Å². The van der Waals surface area contributed by atoms with Crippen molar-refractivity contribution in [2.45, 2.75) is 70.4 Å². The normalized spacial score (nSPS) is 26.6. The van der Waals surface area contributed by atoms with Crippen LogP contribution in [-0.2, 0) is 6.42 Å². The molecule has 2 heterocycles. The molecule has 0 amide bonds. The van der Waals surface area contributed by atoms with Crippen LogP contribution >= 0.6 is 11.3 Å². The van der Waals surface area contributed by atoms with E-state index in [0.717, 1.165) is 6.04 Å². The number of fused-ring (bicyclic) bond motifs is 1. The summed E-state index contributed by atoms with van der Waals surface area (Å²) in [5, 5.41) is 4.77. The van der Waals surface area contributed by atoms with Crippen LogP contribution < -0.4 is 10.2 Å². The molecule has 1 N–H and O–H groups in total. The number of thiazole rings is 1. The standard InChI is InChI=1S/C16H27N3S/c1-3-7-12-8-4-5-11-19(12)16-18-14-10-6-9-13(17-2)15(14)20-16/h12-13,17H,3-11H2,1-2H3. The topological polar surface area (TPSA) is 28.2 Å². The lowest BCUT2D eigenvalue weighted by molar-refractivity contribution is 0.434. The first kappa shape index (κ1) is 14.3. The van der Waals surface area contributed by atoms with Crippen molar-refractivity contribution < 1.29 is 0 Å². The fourth-order valence-electron chi connectivity index (χ4n) is 3.69. The summed E-state index contributed by atoms with van der Waals surface area (Å²) < 4.78 is 0. The molecule has 1 saturated heterocycles. The zero-order valence-corrected chi connectivity index (χ0v) is 13.6. The fraction of sp³-hybridized carbons (Fsp3) is 0.812. The lowest BCUT2D eigenvalue weighted by atomic mass is 9.98. The van der Waals surface area contributed by atoms with Crippen molar-refractivity contribution in [3.8, 4) is 0 Å². The van der Waals surface area contributed by atoms with E-state index in [9.17, 15) is 0 Å². The van der Waals surface area contributed by atoms with Crippen LogP contribution in [0.5, 0.6) is 0 Å². The van der Waals surface area contributed by atoms with Gasteiger partial charge in [-0.3, -0.25) is 0 Å². The number of aryl methyl sites for hydroxylation is 1. The molecule has 3 nitrogen and oxygen atoms in total. The average molecular weight is 293 g/mol. The molecule has 0 bridgehead atoms. The van der Waals surface area contributed by atoms with Gasteiger partial charge in [0, 0.05) is 23.5 Å². The SMILES string of the molecule is CCCC1CCCCN1c1nc2c(s1)C(NC)CCC2. The Kier molecular flexibility index (Phi) is 4.61. The van der Waals surface area contributed by atoms with E-state index in [0.29, 0.717) is 6.04 Å². The molecule has 4 heteroatoms. The Bertz CT molecular complexity index is 441. The summed E-state index contributed by atoms with van der Waals surface area (Å²) in [5.41, 5.74) is 1.37. The lowest BCUT2D eigenvalue weighted by Gasteiger charge is -2.35. The van der Waals surface area contributed by atoms with Gasteiger partial charge in [-0.15, -0.1) is 0 Å². The lowest BCUT2D eigenvalue weighted by Crippen LogP contribution is -2.39. The first-order valence-electron chi connectivity index (χ1n) is 8.27. The summed E-state index contributed by atoms with van der Waals surface area (Å²) in [6.45, 7) is 3.51. The molecule has 1 aromatic heterocycles. The molecule has 1 aliphatic carbocycles. The average Bonchev–Trinajstić information content (AvgIpc) is 2.92. The van der Waals surface area contributed by atoms with Crippen molar-refractivity contribution in [2.24, 2.45) is 0 Å². The van der Waals surface area contributed by atoms with E-state index in [-0.39, 0.29) is 0 Å². The highest BCUT2D eigenvalue weighted by molar-refractivity contribution is 7.15. The van der Waals surface area contributed by atoms with Gasteiger partial charge in [-0.2, -0.15) is 0 Å². The summed E-state index contributed by atoms with van der Waals surface area (Å²) in [4.78, 5) is 9.13. The minimum Gasteiger partial charge on any atom is -0.345 e. The molecule has 1 fully saturated rings. The molecule has 112 valence electrons. The van der Waals surface area contributed by atoms with E-state index in [4.69, 9.17) is 4.98 Å². The molecular formula is C16H27N3S. The Morgan fingerprint density at radius 1 is 1.30 bits per heavy atom. The highest BCUT2D eigenvalue weighted by Crippen LogP contribution is 2.39. The van der Waals surface area contributed by atoms with Crippen molar-refractivity contribution in [3.05, 3.63) is 10.6 Å². The Morgan fingerprint density at radius 2 is 2.20 bits per heavy atom. The minimum absolute atomic E-state index is 0.541. The van der Waals surface area contributed by atoms with Gasteiger partial charge < -0.3 is 10.2 Å². The number of anilines is 1. The van der Waals surface area contributed by atoms with Gasteiger partial charge in [0.2, 0.25) is 0 Å². The molecule has 0 saturated carbocycles. The Hall–Kier alpha value is -0.610. The molecule has 2 aliphatic rings. The van der Waals surface area contributed by atoms with Crippen LogP contribution in [0.15, 0.2) is 0 Å². The molecule has 0 radical (unpaired) electrons. The number of hydrogen-bond acceptors (Lipinski definition) is 4. The number of nitrogens with zero attached hydrogens (tertiary/aromatic N) is 2. The molecule has 1 aromatic rings. The van der Waals surface area contributed by atoms with Gasteiger partial charge in [0.1, 0.15) is 0 Å². The summed E-state index contributed by atoms with van der Waals surface area (Å²) in [6.07, 6.45) is 10.4. The molecular weight excluding hydrogens is 266 g/mol. The van der Waals surface area contributed by atoms with Gasteiger partial charge in [0.15, 0.2) is 5.13 Å². The summed E-state index contributed by atoms with van der Waals surface area (Å²) in [5.74, 6) is 0. The third kappa shape index (κ3) is 2.73. The second-order valence-corrected chi connectivity index (χ2v) is 7.18. The van der Waals surface area contributed by atoms with Crippen LogP contribution in [0, 0.1) is 0 Å². The highest BCUT2D eigenvalue weighted by atomic mass is 32.1. The van der Waals surface area contributed by atoms with Gasteiger partial charge in [-0.25, -0.2) is 4.98 Å². The Morgan fingerprint density at radius 3 is 3.00 bits per heavy atom. The van der Waals surface area contributed by atoms with Gasteiger partial charge >= 0.3 is 0 Å². The van der Waals surface area contributed by atoms with E-state index >= 15 is 0 Å². The second-order valence-electron chi connectivity index (χ2n) is 6.17. The maximum absolute atomic E-state index is 5.01. The van der Waals surface area contributed by atoms with E-state index in [1.165, 1.54) is 73.6 Å². The molecule has 1 aliphatic heterocycles. The predicted molar refractivity (Wildman–Crippen MR) is 86.7 cm³/mol. The third-order valence-corrected chi connectivity index (χ3v) is 6.03. The monoisotopic (exact) mass is 293 g/mol. The summed E-state index contributed by atoms with van der Waals surface area (Å²) in [6, 6.07) is 1.27. The van der Waals surface area contributed by atoms with Crippen LogP contribution in [0.4, 0.5) is 5.13 Å². The first-order valence-corrected chi connectivity index (χ1v) is 9.08. The smallest absolute Gasteiger partial charge is 0.186 e. The second kappa shape index (κ2) is 6.44. The van der Waals surface area contributed by atoms with Crippen molar-refractivity contribution in [3.63, 3.8) is 0 Å². The maximum atomic E-state index is 5.01. The number of piperidine rings is 1. The van der Waals surface area contributed by atoms with Gasteiger partial charge in [-0.05, 0) is 52.0 Å². The molecule has 3 rings (SSSR count).